The number of thiophene rings is 3. The van der Waals surface area contributed by atoms with Crippen molar-refractivity contribution in [3.8, 4) is 68.4 Å². The molecule has 0 saturated carbocycles. The highest BCUT2D eigenvalue weighted by molar-refractivity contribution is 7.27. The maximum absolute atomic E-state index is 6.58. The summed E-state index contributed by atoms with van der Waals surface area (Å²) in [6.45, 7) is 0. The third-order valence-electron chi connectivity index (χ3n) is 29.2. The minimum Gasteiger partial charge on any atom is -0.454 e. The van der Waals surface area contributed by atoms with Gasteiger partial charge in [-0.05, 0) is 120 Å². The molecule has 147 heavy (non-hydrogen) atoms. The second-order valence-electron chi connectivity index (χ2n) is 37.4. The van der Waals surface area contributed by atoms with E-state index in [9.17, 15) is 0 Å². The van der Waals surface area contributed by atoms with Crippen molar-refractivity contribution in [3.05, 3.63) is 473 Å². The van der Waals surface area contributed by atoms with Gasteiger partial charge in [-0.3, -0.25) is 13.7 Å². The molecule has 33 rings (SSSR count). The Kier molecular flexibility index (Phi) is 19.3. The van der Waals surface area contributed by atoms with Crippen LogP contribution in [0.25, 0.3) is 293 Å². The molecule has 0 aliphatic rings. The fourth-order valence-corrected chi connectivity index (χ4v) is 26.4. The smallest absolute Gasteiger partial charge is 0.235 e. The van der Waals surface area contributed by atoms with Crippen LogP contribution >= 0.6 is 34.0 Å². The summed E-state index contributed by atoms with van der Waals surface area (Å²) >= 11 is 5.45. The van der Waals surface area contributed by atoms with E-state index in [1.807, 2.05) is 88.6 Å². The number of nitrogens with one attached hydrogen (secondary N) is 1. The third kappa shape index (κ3) is 13.4. The largest absolute Gasteiger partial charge is 0.454 e. The molecule has 12 heterocycles. The molecule has 1 N–H and O–H groups in total. The van der Waals surface area contributed by atoms with Gasteiger partial charge >= 0.3 is 0 Å². The number of aromatic amines is 1. The Balaban J connectivity index is 0.0000000999. The maximum Gasteiger partial charge on any atom is 0.235 e. The molecule has 0 aliphatic heterocycles. The highest BCUT2D eigenvalue weighted by Crippen LogP contribution is 2.50. The van der Waals surface area contributed by atoms with Gasteiger partial charge in [-0.15, -0.1) is 34.0 Å². The SMILES string of the molecule is c1ccc(-c2nc(-n3c4ccccc4c4cc(-c5ccc6c7ccccc7n(-c7ccccc7)c6c5)ccc43)nc3ccc4c5ccccc5sc4c23)cc1.c1ccc(-c2nc(-n3c4ccccc4c4ccc5c6ccccc6[nH]c5c43)nc3ccc4c5ccccc5sc4c23)cc1.c1ccc(-c2nc(-n3c4ccccc4c4ccc5c6ccccc6oc5c43)nc3ccc4c5ccccc5sc4c23)cc1.c1ccccc1. The minimum atomic E-state index is 0.631. The van der Waals surface area contributed by atoms with Crippen molar-refractivity contribution in [1.82, 2.24) is 53.2 Å². The Bertz CT molecular complexity index is 10800. The molecule has 21 aromatic carbocycles. The molecule has 0 amide bonds. The number of benzene rings is 21. The van der Waals surface area contributed by atoms with E-state index in [0.29, 0.717) is 17.8 Å². The summed E-state index contributed by atoms with van der Waals surface area (Å²) in [5, 5.41) is 24.9. The Labute approximate surface area is 850 Å². The Hall–Kier alpha value is -18.9. The zero-order valence-corrected chi connectivity index (χ0v) is 81.1. The molecule has 12 nitrogen and oxygen atoms in total. The highest BCUT2D eigenvalue weighted by atomic mass is 32.1. The fraction of sp³-hybridized carbons (Fsp3) is 0. The number of para-hydroxylation sites is 7. The molecule has 0 fully saturated rings. The van der Waals surface area contributed by atoms with Gasteiger partial charge in [0.1, 0.15) is 11.1 Å². The van der Waals surface area contributed by atoms with Gasteiger partial charge in [0.15, 0.2) is 5.58 Å². The van der Waals surface area contributed by atoms with E-state index in [2.05, 4.69) is 442 Å². The van der Waals surface area contributed by atoms with Gasteiger partial charge in [-0.25, -0.2) is 29.9 Å². The lowest BCUT2D eigenvalue weighted by Gasteiger charge is -2.13. The van der Waals surface area contributed by atoms with E-state index in [4.69, 9.17) is 34.3 Å². The summed E-state index contributed by atoms with van der Waals surface area (Å²) in [6, 6.07) is 167. The second kappa shape index (κ2) is 33.9. The van der Waals surface area contributed by atoms with E-state index in [1.165, 1.54) is 126 Å². The molecule has 0 aliphatic carbocycles. The fourth-order valence-electron chi connectivity index (χ4n) is 22.7. The number of furan rings is 1. The standard InChI is InChI=1S/C50H30N4S.C38H22N4S.C38H21N3OS.C6H6/c1-3-13-31(14-4-1)48-47-41(27-26-39-38-19-9-12-22-46(38)55-49(39)47)51-50(52-48)54-43-21-11-8-18-36(43)40-29-32(24-28-44(40)54)33-23-25-37-35-17-7-10-20-42(35)53(45(37)30-33)34-15-5-2-6-16-34;1-2-10-22(11-3-1)34-33-30(21-20-28-25-14-6-9-17-32(25)43-37(28)33)40-38(41-34)42-31-16-8-5-13-24(31)27-19-18-26-23-12-4-7-15-29(23)39-35(26)36(27)42;1-2-10-22(11-3-1)34-33-29(21-20-28-25-14-6-9-17-32(25)43-37(28)33)39-38(40-34)41-30-15-7-4-12-23(30)26-18-19-27-24-13-5-8-16-31(24)42-36(27)35(26)41;1-2-4-6-5-3-1/h1-30H;1-21,39H;1-21H;1-6H. The van der Waals surface area contributed by atoms with Gasteiger partial charge in [0.2, 0.25) is 17.8 Å². The number of nitrogens with zero attached hydrogens (tertiary/aromatic N) is 10. The first-order valence-corrected chi connectivity index (χ1v) is 51.8. The molecule has 0 spiro atoms. The molecular weight excluding hydrogens is 1850 g/mol. The first-order chi connectivity index (χ1) is 72.9. The molecule has 12 aromatic heterocycles. The maximum atomic E-state index is 6.58. The first kappa shape index (κ1) is 83.8. The summed E-state index contributed by atoms with van der Waals surface area (Å²) in [5.41, 5.74) is 25.1. The third-order valence-corrected chi connectivity index (χ3v) is 32.8. The van der Waals surface area contributed by atoms with Crippen LogP contribution in [0.3, 0.4) is 0 Å². The predicted octanol–water partition coefficient (Wildman–Crippen LogP) is 36.3. The number of fused-ring (bicyclic) bond motifs is 35. The highest BCUT2D eigenvalue weighted by Gasteiger charge is 2.29. The lowest BCUT2D eigenvalue weighted by atomic mass is 10.0. The van der Waals surface area contributed by atoms with Crippen LogP contribution in [0.2, 0.25) is 0 Å². The van der Waals surface area contributed by atoms with Crippen molar-refractivity contribution >= 4 is 258 Å². The van der Waals surface area contributed by atoms with Crippen LogP contribution in [0, 0.1) is 0 Å². The number of H-pyrrole nitrogens is 1. The van der Waals surface area contributed by atoms with Crippen LogP contribution in [0.15, 0.2) is 478 Å². The minimum absolute atomic E-state index is 0.631. The van der Waals surface area contributed by atoms with Gasteiger partial charge < -0.3 is 14.0 Å². The first-order valence-electron chi connectivity index (χ1n) is 49.4. The summed E-state index contributed by atoms with van der Waals surface area (Å²) in [4.78, 5) is 36.0. The molecule has 15 heteroatoms. The molecule has 0 bridgehead atoms. The predicted molar refractivity (Wildman–Crippen MR) is 619 cm³/mol. The van der Waals surface area contributed by atoms with E-state index < -0.39 is 0 Å². The van der Waals surface area contributed by atoms with Crippen LogP contribution in [-0.4, -0.2) is 53.2 Å². The van der Waals surface area contributed by atoms with E-state index in [0.717, 1.165) is 149 Å². The van der Waals surface area contributed by atoms with E-state index in [1.54, 1.807) is 0 Å². The Morgan fingerprint density at radius 3 is 1.04 bits per heavy atom. The van der Waals surface area contributed by atoms with Crippen molar-refractivity contribution in [2.75, 3.05) is 0 Å². The Morgan fingerprint density at radius 2 is 0.537 bits per heavy atom. The Morgan fingerprint density at radius 1 is 0.204 bits per heavy atom. The summed E-state index contributed by atoms with van der Waals surface area (Å²) < 4.78 is 23.1. The van der Waals surface area contributed by atoms with Crippen molar-refractivity contribution in [2.45, 2.75) is 0 Å². The van der Waals surface area contributed by atoms with Crippen molar-refractivity contribution < 1.29 is 4.42 Å². The van der Waals surface area contributed by atoms with Crippen molar-refractivity contribution in [2.24, 2.45) is 0 Å². The summed E-state index contributed by atoms with van der Waals surface area (Å²) in [7, 11) is 0. The van der Waals surface area contributed by atoms with Gasteiger partial charge in [0.25, 0.3) is 0 Å². The summed E-state index contributed by atoms with van der Waals surface area (Å²) in [5.74, 6) is 1.97. The molecular formula is C132H79N11OS3. The number of rotatable bonds is 8. The molecule has 0 radical (unpaired) electrons. The molecule has 0 unspecified atom stereocenters. The quantitative estimate of drug-likeness (QED) is 0.161. The van der Waals surface area contributed by atoms with Crippen molar-refractivity contribution in [1.29, 1.82) is 0 Å². The van der Waals surface area contributed by atoms with Crippen LogP contribution in [0.4, 0.5) is 0 Å². The molecule has 0 saturated heterocycles. The van der Waals surface area contributed by atoms with Crippen LogP contribution < -0.4 is 0 Å². The van der Waals surface area contributed by atoms with Crippen LogP contribution in [0.5, 0.6) is 0 Å². The van der Waals surface area contributed by atoms with Gasteiger partial charge in [-0.1, -0.05) is 364 Å². The number of hydrogen-bond acceptors (Lipinski definition) is 10. The second-order valence-corrected chi connectivity index (χ2v) is 40.5. The van der Waals surface area contributed by atoms with Gasteiger partial charge in [0, 0.05) is 169 Å². The molecule has 0 atom stereocenters. The van der Waals surface area contributed by atoms with Crippen LogP contribution in [-0.2, 0) is 0 Å². The number of hydrogen-bond donors (Lipinski definition) is 1. The monoisotopic (exact) mass is 1930 g/mol. The van der Waals surface area contributed by atoms with Crippen molar-refractivity contribution in [3.63, 3.8) is 0 Å². The van der Waals surface area contributed by atoms with Gasteiger partial charge in [-0.2, -0.15) is 0 Å². The number of aromatic nitrogens is 11. The average Bonchev–Trinajstić information content (AvgIpc) is 1.55. The van der Waals surface area contributed by atoms with E-state index in [-0.39, 0.29) is 0 Å². The molecule has 33 aromatic rings. The molecule has 686 valence electrons. The zero-order chi connectivity index (χ0) is 96.4. The average molecular weight is 1930 g/mol. The summed E-state index contributed by atoms with van der Waals surface area (Å²) in [6.07, 6.45) is 0. The van der Waals surface area contributed by atoms with E-state index >= 15 is 0 Å². The van der Waals surface area contributed by atoms with Gasteiger partial charge in [0.05, 0.1) is 77.8 Å². The lowest BCUT2D eigenvalue weighted by Crippen LogP contribution is -2.04. The normalized spacial score (nSPS) is 11.9. The topological polar surface area (TPSA) is 126 Å². The lowest BCUT2D eigenvalue weighted by molar-refractivity contribution is 0.671. The zero-order valence-electron chi connectivity index (χ0n) is 78.6. The van der Waals surface area contributed by atoms with Crippen LogP contribution in [0.1, 0.15) is 0 Å².